The molecule has 0 aliphatic carbocycles. The van der Waals surface area contributed by atoms with Gasteiger partial charge in [-0.05, 0) is 12.8 Å². The molecule has 11 heteroatoms. The second-order valence-corrected chi connectivity index (χ2v) is 7.41. The molecule has 2 fully saturated rings. The minimum Gasteiger partial charge on any atom is -0.394 e. The number of aliphatic hydroxyl groups excluding tert-OH is 3. The molecule has 11 nitrogen and oxygen atoms in total. The van der Waals surface area contributed by atoms with E-state index in [-0.39, 0.29) is 6.04 Å². The number of anilines is 2. The summed E-state index contributed by atoms with van der Waals surface area (Å²) >= 11 is 0. The van der Waals surface area contributed by atoms with Gasteiger partial charge in [0.25, 0.3) is 0 Å². The summed E-state index contributed by atoms with van der Waals surface area (Å²) in [4.78, 5) is 13.4. The summed E-state index contributed by atoms with van der Waals surface area (Å²) in [7, 11) is 0. The average molecular weight is 408 g/mol. The Morgan fingerprint density at radius 1 is 1.28 bits per heavy atom. The van der Waals surface area contributed by atoms with Crippen molar-refractivity contribution in [1.82, 2.24) is 19.5 Å². The SMILES string of the molecule is CCCCNc1nc2c(N[C@@H]3CCOC3)ncnc2n1C1O[C@H](CO)[C@@H](O)[C@H]1O. The highest BCUT2D eigenvalue weighted by molar-refractivity contribution is 5.85. The Balaban J connectivity index is 1.73. The van der Waals surface area contributed by atoms with Crippen LogP contribution in [-0.4, -0.2) is 85.6 Å². The molecular formula is C18H28N6O5. The number of imidazole rings is 1. The quantitative estimate of drug-likeness (QED) is 0.374. The van der Waals surface area contributed by atoms with E-state index in [0.717, 1.165) is 19.3 Å². The van der Waals surface area contributed by atoms with Gasteiger partial charge in [0.2, 0.25) is 5.95 Å². The number of nitrogens with one attached hydrogen (secondary N) is 2. The Morgan fingerprint density at radius 3 is 2.83 bits per heavy atom. The first-order valence-corrected chi connectivity index (χ1v) is 10.1. The van der Waals surface area contributed by atoms with E-state index < -0.39 is 31.1 Å². The minimum absolute atomic E-state index is 0.142. The first-order valence-electron chi connectivity index (χ1n) is 10.1. The average Bonchev–Trinajstić information content (AvgIpc) is 3.42. The molecule has 29 heavy (non-hydrogen) atoms. The molecule has 5 atom stereocenters. The third kappa shape index (κ3) is 3.88. The van der Waals surface area contributed by atoms with Crippen molar-refractivity contribution in [2.75, 3.05) is 37.0 Å². The molecule has 4 heterocycles. The summed E-state index contributed by atoms with van der Waals surface area (Å²) in [5.74, 6) is 1.05. The zero-order valence-electron chi connectivity index (χ0n) is 16.4. The van der Waals surface area contributed by atoms with Crippen molar-refractivity contribution in [2.45, 2.75) is 56.8 Å². The lowest BCUT2D eigenvalue weighted by molar-refractivity contribution is -0.0501. The number of aliphatic hydroxyl groups is 3. The Labute approximate surface area is 168 Å². The van der Waals surface area contributed by atoms with Crippen LogP contribution in [0.1, 0.15) is 32.4 Å². The lowest BCUT2D eigenvalue weighted by Crippen LogP contribution is -2.33. The zero-order valence-corrected chi connectivity index (χ0v) is 16.4. The van der Waals surface area contributed by atoms with Gasteiger partial charge in [-0.25, -0.2) is 15.0 Å². The van der Waals surface area contributed by atoms with Gasteiger partial charge in [-0.15, -0.1) is 0 Å². The number of nitrogens with zero attached hydrogens (tertiary/aromatic N) is 4. The second-order valence-electron chi connectivity index (χ2n) is 7.41. The molecule has 0 spiro atoms. The Bertz CT molecular complexity index is 826. The summed E-state index contributed by atoms with van der Waals surface area (Å²) in [5.41, 5.74) is 1.01. The molecule has 4 rings (SSSR count). The molecule has 0 saturated carbocycles. The van der Waals surface area contributed by atoms with Crippen molar-refractivity contribution in [3.05, 3.63) is 6.33 Å². The van der Waals surface area contributed by atoms with Gasteiger partial charge in [-0.3, -0.25) is 4.57 Å². The molecule has 2 aromatic heterocycles. The fourth-order valence-corrected chi connectivity index (χ4v) is 3.69. The van der Waals surface area contributed by atoms with Crippen molar-refractivity contribution in [3.8, 4) is 0 Å². The van der Waals surface area contributed by atoms with Crippen LogP contribution >= 0.6 is 0 Å². The molecule has 2 aliphatic heterocycles. The van der Waals surface area contributed by atoms with E-state index >= 15 is 0 Å². The summed E-state index contributed by atoms with van der Waals surface area (Å²) in [6.07, 6.45) is -0.00452. The Morgan fingerprint density at radius 2 is 2.14 bits per heavy atom. The predicted molar refractivity (Wildman–Crippen MR) is 105 cm³/mol. The van der Waals surface area contributed by atoms with Crippen molar-refractivity contribution < 1.29 is 24.8 Å². The maximum absolute atomic E-state index is 10.5. The molecule has 160 valence electrons. The van der Waals surface area contributed by atoms with Crippen LogP contribution in [-0.2, 0) is 9.47 Å². The summed E-state index contributed by atoms with van der Waals surface area (Å²) in [6, 6.07) is 0.142. The van der Waals surface area contributed by atoms with Crippen molar-refractivity contribution >= 4 is 22.9 Å². The summed E-state index contributed by atoms with van der Waals surface area (Å²) in [5, 5.41) is 36.8. The monoisotopic (exact) mass is 408 g/mol. The molecule has 1 unspecified atom stereocenters. The molecule has 0 amide bonds. The first-order chi connectivity index (χ1) is 14.1. The van der Waals surface area contributed by atoms with Crippen molar-refractivity contribution in [2.24, 2.45) is 0 Å². The first kappa shape index (κ1) is 20.2. The maximum atomic E-state index is 10.5. The van der Waals surface area contributed by atoms with Gasteiger partial charge in [0.15, 0.2) is 23.2 Å². The number of hydrogen-bond acceptors (Lipinski definition) is 10. The van der Waals surface area contributed by atoms with Gasteiger partial charge in [-0.2, -0.15) is 0 Å². The van der Waals surface area contributed by atoms with Gasteiger partial charge in [0.1, 0.15) is 24.6 Å². The topological polar surface area (TPSA) is 147 Å². The van der Waals surface area contributed by atoms with Gasteiger partial charge in [0.05, 0.1) is 19.3 Å². The van der Waals surface area contributed by atoms with Crippen LogP contribution in [0.15, 0.2) is 6.33 Å². The standard InChI is InChI=1S/C18H28N6O5/c1-2-3-5-19-18-23-12-15(22-10-4-6-28-8-10)20-9-21-16(12)24(18)17-14(27)13(26)11(7-25)29-17/h9-11,13-14,17,25-27H,2-8H2,1H3,(H,19,23)(H,20,21,22)/t10-,11-,13-,14-,17?/m1/s1. The van der Waals surface area contributed by atoms with E-state index in [9.17, 15) is 15.3 Å². The summed E-state index contributed by atoms with van der Waals surface area (Å²) < 4.78 is 12.8. The molecule has 2 aromatic rings. The second kappa shape index (κ2) is 8.76. The number of aromatic nitrogens is 4. The highest BCUT2D eigenvalue weighted by Crippen LogP contribution is 2.35. The van der Waals surface area contributed by atoms with E-state index in [1.165, 1.54) is 6.33 Å². The fourth-order valence-electron chi connectivity index (χ4n) is 3.69. The van der Waals surface area contributed by atoms with Crippen LogP contribution in [0.4, 0.5) is 11.8 Å². The van der Waals surface area contributed by atoms with E-state index in [1.54, 1.807) is 4.57 Å². The van der Waals surface area contributed by atoms with Crippen LogP contribution in [0.25, 0.3) is 11.2 Å². The number of hydrogen-bond donors (Lipinski definition) is 5. The number of fused-ring (bicyclic) bond motifs is 1. The van der Waals surface area contributed by atoms with E-state index in [2.05, 4.69) is 32.5 Å². The number of rotatable bonds is 8. The molecule has 0 aromatic carbocycles. The predicted octanol–water partition coefficient (Wildman–Crippen LogP) is -0.149. The van der Waals surface area contributed by atoms with Crippen LogP contribution in [0, 0.1) is 0 Å². The third-order valence-corrected chi connectivity index (χ3v) is 5.33. The highest BCUT2D eigenvalue weighted by atomic mass is 16.6. The summed E-state index contributed by atoms with van der Waals surface area (Å²) in [6.45, 7) is 3.67. The third-order valence-electron chi connectivity index (χ3n) is 5.33. The van der Waals surface area contributed by atoms with Crippen LogP contribution in [0.3, 0.4) is 0 Å². The largest absolute Gasteiger partial charge is 0.394 e. The van der Waals surface area contributed by atoms with E-state index in [4.69, 9.17) is 9.47 Å². The van der Waals surface area contributed by atoms with Gasteiger partial charge in [0, 0.05) is 13.2 Å². The zero-order chi connectivity index (χ0) is 20.4. The maximum Gasteiger partial charge on any atom is 0.207 e. The fraction of sp³-hybridized carbons (Fsp3) is 0.722. The van der Waals surface area contributed by atoms with Gasteiger partial charge >= 0.3 is 0 Å². The van der Waals surface area contributed by atoms with Crippen LogP contribution in [0.5, 0.6) is 0 Å². The molecular weight excluding hydrogens is 380 g/mol. The van der Waals surface area contributed by atoms with E-state index in [1.807, 2.05) is 0 Å². The highest BCUT2D eigenvalue weighted by Gasteiger charge is 2.45. The molecule has 0 radical (unpaired) electrons. The smallest absolute Gasteiger partial charge is 0.207 e. The molecule has 2 saturated heterocycles. The van der Waals surface area contributed by atoms with Gasteiger partial charge < -0.3 is 35.4 Å². The van der Waals surface area contributed by atoms with Crippen LogP contribution < -0.4 is 10.6 Å². The Hall–Kier alpha value is -2.05. The van der Waals surface area contributed by atoms with Crippen molar-refractivity contribution in [1.29, 1.82) is 0 Å². The normalized spacial score (nSPS) is 29.6. The molecule has 0 bridgehead atoms. The van der Waals surface area contributed by atoms with E-state index in [0.29, 0.717) is 42.7 Å². The van der Waals surface area contributed by atoms with Crippen molar-refractivity contribution in [3.63, 3.8) is 0 Å². The Kier molecular flexibility index (Phi) is 6.11. The molecule has 5 N–H and O–H groups in total. The van der Waals surface area contributed by atoms with Gasteiger partial charge in [-0.1, -0.05) is 13.3 Å². The molecule has 2 aliphatic rings. The lowest BCUT2D eigenvalue weighted by atomic mass is 10.1. The lowest BCUT2D eigenvalue weighted by Gasteiger charge is -2.19. The van der Waals surface area contributed by atoms with Crippen LogP contribution in [0.2, 0.25) is 0 Å². The number of unbranched alkanes of at least 4 members (excludes halogenated alkanes) is 1. The number of ether oxygens (including phenoxy) is 2. The minimum atomic E-state index is -1.23.